The Hall–Kier alpha value is -3.73. The van der Waals surface area contributed by atoms with Crippen LogP contribution in [0.25, 0.3) is 0 Å². The Morgan fingerprint density at radius 2 is 1.66 bits per heavy atom. The second-order valence-electron chi connectivity index (χ2n) is 7.64. The zero-order chi connectivity index (χ0) is 22.6. The molecular formula is C27H30N2O3. The molecule has 0 atom stereocenters. The first kappa shape index (κ1) is 22.9. The number of rotatable bonds is 12. The lowest BCUT2D eigenvalue weighted by atomic mass is 10.1. The average Bonchev–Trinajstić information content (AvgIpc) is 2.81. The molecule has 5 nitrogen and oxygen atoms in total. The van der Waals surface area contributed by atoms with Crippen LogP contribution in [0.3, 0.4) is 0 Å². The lowest BCUT2D eigenvalue weighted by Gasteiger charge is -2.11. The highest BCUT2D eigenvalue weighted by atomic mass is 16.5. The van der Waals surface area contributed by atoms with E-state index in [0.29, 0.717) is 24.7 Å². The molecule has 0 fully saturated rings. The molecule has 3 aromatic carbocycles. The van der Waals surface area contributed by atoms with Crippen LogP contribution >= 0.6 is 0 Å². The zero-order valence-corrected chi connectivity index (χ0v) is 18.5. The molecule has 0 aromatic heterocycles. The van der Waals surface area contributed by atoms with Gasteiger partial charge in [-0.3, -0.25) is 4.79 Å². The predicted octanol–water partition coefficient (Wildman–Crippen LogP) is 5.70. The standard InChI is InChI=1S/C27H30N2O3/c1-21(2)20-32-26-12-6-11-24(18-26)29-27(30)19-28-23-13-15-25(16-14-23)31-17-7-10-22-8-4-3-5-9-22/h3-6,8-9,11-16,18,28H,1,7,10,17,19-20H2,2H3,(H,29,30). The van der Waals surface area contributed by atoms with Crippen LogP contribution in [0.2, 0.25) is 0 Å². The maximum Gasteiger partial charge on any atom is 0.243 e. The van der Waals surface area contributed by atoms with Crippen LogP contribution in [0.4, 0.5) is 11.4 Å². The molecule has 1 amide bonds. The van der Waals surface area contributed by atoms with Gasteiger partial charge in [-0.05, 0) is 67.3 Å². The van der Waals surface area contributed by atoms with E-state index in [1.165, 1.54) is 5.56 Å². The molecule has 0 heterocycles. The lowest BCUT2D eigenvalue weighted by Crippen LogP contribution is -2.21. The van der Waals surface area contributed by atoms with E-state index in [9.17, 15) is 4.79 Å². The Kier molecular flexibility index (Phi) is 8.75. The van der Waals surface area contributed by atoms with E-state index < -0.39 is 0 Å². The van der Waals surface area contributed by atoms with Gasteiger partial charge in [-0.25, -0.2) is 0 Å². The van der Waals surface area contributed by atoms with Crippen LogP contribution in [0.1, 0.15) is 18.9 Å². The number of benzene rings is 3. The summed E-state index contributed by atoms with van der Waals surface area (Å²) in [5, 5.41) is 6.00. The predicted molar refractivity (Wildman–Crippen MR) is 131 cm³/mol. The number of hydrogen-bond acceptors (Lipinski definition) is 4. The van der Waals surface area contributed by atoms with E-state index in [1.807, 2.05) is 55.5 Å². The van der Waals surface area contributed by atoms with Crippen molar-refractivity contribution in [1.82, 2.24) is 0 Å². The molecular weight excluding hydrogens is 400 g/mol. The van der Waals surface area contributed by atoms with Gasteiger partial charge in [0.15, 0.2) is 0 Å². The second-order valence-corrected chi connectivity index (χ2v) is 7.64. The van der Waals surface area contributed by atoms with Gasteiger partial charge < -0.3 is 20.1 Å². The minimum atomic E-state index is -0.136. The maximum atomic E-state index is 12.3. The Bertz CT molecular complexity index is 1000. The Morgan fingerprint density at radius 3 is 2.41 bits per heavy atom. The SMILES string of the molecule is C=C(C)COc1cccc(NC(=O)CNc2ccc(OCCCc3ccccc3)cc2)c1. The fraction of sp³-hybridized carbons (Fsp3) is 0.222. The quantitative estimate of drug-likeness (QED) is 0.286. The molecule has 0 spiro atoms. The smallest absolute Gasteiger partial charge is 0.243 e. The van der Waals surface area contributed by atoms with E-state index >= 15 is 0 Å². The highest BCUT2D eigenvalue weighted by molar-refractivity contribution is 5.93. The number of amides is 1. The number of carbonyl (C=O) groups excluding carboxylic acids is 1. The van der Waals surface area contributed by atoms with Crippen molar-refractivity contribution in [2.75, 3.05) is 30.4 Å². The van der Waals surface area contributed by atoms with Crippen molar-refractivity contribution in [2.45, 2.75) is 19.8 Å². The van der Waals surface area contributed by atoms with Crippen molar-refractivity contribution in [2.24, 2.45) is 0 Å². The Morgan fingerprint density at radius 1 is 0.875 bits per heavy atom. The zero-order valence-electron chi connectivity index (χ0n) is 18.5. The summed E-state index contributed by atoms with van der Waals surface area (Å²) in [4.78, 5) is 12.3. The number of ether oxygens (including phenoxy) is 2. The second kappa shape index (κ2) is 12.2. The summed E-state index contributed by atoms with van der Waals surface area (Å²) in [6.45, 7) is 7.00. The number of nitrogens with one attached hydrogen (secondary N) is 2. The molecule has 166 valence electrons. The normalized spacial score (nSPS) is 10.3. The van der Waals surface area contributed by atoms with Gasteiger partial charge in [-0.15, -0.1) is 0 Å². The third-order valence-corrected chi connectivity index (χ3v) is 4.63. The van der Waals surface area contributed by atoms with Gasteiger partial charge in [0, 0.05) is 17.4 Å². The summed E-state index contributed by atoms with van der Waals surface area (Å²) in [6, 6.07) is 25.3. The van der Waals surface area contributed by atoms with E-state index in [0.717, 1.165) is 29.9 Å². The highest BCUT2D eigenvalue weighted by Gasteiger charge is 2.04. The van der Waals surface area contributed by atoms with Crippen molar-refractivity contribution in [3.8, 4) is 11.5 Å². The first-order chi connectivity index (χ1) is 15.6. The van der Waals surface area contributed by atoms with Gasteiger partial charge in [0.2, 0.25) is 5.91 Å². The van der Waals surface area contributed by atoms with Crippen molar-refractivity contribution >= 4 is 17.3 Å². The third-order valence-electron chi connectivity index (χ3n) is 4.63. The average molecular weight is 431 g/mol. The number of hydrogen-bond donors (Lipinski definition) is 2. The van der Waals surface area contributed by atoms with E-state index in [2.05, 4.69) is 41.5 Å². The minimum absolute atomic E-state index is 0.136. The summed E-state index contributed by atoms with van der Waals surface area (Å²) in [5.41, 5.74) is 3.80. The molecule has 0 aliphatic carbocycles. The van der Waals surface area contributed by atoms with Crippen molar-refractivity contribution in [3.05, 3.63) is 96.6 Å². The van der Waals surface area contributed by atoms with Crippen LogP contribution in [-0.4, -0.2) is 25.7 Å². The number of aryl methyl sites for hydroxylation is 1. The molecule has 32 heavy (non-hydrogen) atoms. The molecule has 0 aliphatic heterocycles. The van der Waals surface area contributed by atoms with Crippen LogP contribution in [0.15, 0.2) is 91.0 Å². The molecule has 0 radical (unpaired) electrons. The first-order valence-corrected chi connectivity index (χ1v) is 10.8. The van der Waals surface area contributed by atoms with E-state index in [-0.39, 0.29) is 12.5 Å². The topological polar surface area (TPSA) is 59.6 Å². The molecule has 0 unspecified atom stereocenters. The fourth-order valence-corrected chi connectivity index (χ4v) is 3.04. The summed E-state index contributed by atoms with van der Waals surface area (Å²) < 4.78 is 11.4. The van der Waals surface area contributed by atoms with Gasteiger partial charge in [0.1, 0.15) is 18.1 Å². The molecule has 0 aliphatic rings. The highest BCUT2D eigenvalue weighted by Crippen LogP contribution is 2.19. The summed E-state index contributed by atoms with van der Waals surface area (Å²) in [6.07, 6.45) is 1.96. The van der Waals surface area contributed by atoms with E-state index in [1.54, 1.807) is 6.07 Å². The van der Waals surface area contributed by atoms with Crippen LogP contribution in [-0.2, 0) is 11.2 Å². The third kappa shape index (κ3) is 8.19. The summed E-state index contributed by atoms with van der Waals surface area (Å²) in [5.74, 6) is 1.38. The molecule has 0 saturated heterocycles. The van der Waals surface area contributed by atoms with Crippen LogP contribution < -0.4 is 20.1 Å². The van der Waals surface area contributed by atoms with Gasteiger partial charge in [-0.1, -0.05) is 43.0 Å². The van der Waals surface area contributed by atoms with Crippen molar-refractivity contribution in [1.29, 1.82) is 0 Å². The van der Waals surface area contributed by atoms with Gasteiger partial charge in [0.25, 0.3) is 0 Å². The van der Waals surface area contributed by atoms with E-state index in [4.69, 9.17) is 9.47 Å². The van der Waals surface area contributed by atoms with Gasteiger partial charge in [-0.2, -0.15) is 0 Å². The van der Waals surface area contributed by atoms with Gasteiger partial charge in [0.05, 0.1) is 13.2 Å². The molecule has 0 bridgehead atoms. The first-order valence-electron chi connectivity index (χ1n) is 10.8. The van der Waals surface area contributed by atoms with Crippen LogP contribution in [0.5, 0.6) is 11.5 Å². The molecule has 5 heteroatoms. The van der Waals surface area contributed by atoms with Crippen LogP contribution in [0, 0.1) is 0 Å². The Labute approximate surface area is 190 Å². The number of carbonyl (C=O) groups is 1. The van der Waals surface area contributed by atoms with Crippen molar-refractivity contribution in [3.63, 3.8) is 0 Å². The molecule has 2 N–H and O–H groups in total. The minimum Gasteiger partial charge on any atom is -0.494 e. The maximum absolute atomic E-state index is 12.3. The molecule has 3 aromatic rings. The van der Waals surface area contributed by atoms with Crippen molar-refractivity contribution < 1.29 is 14.3 Å². The summed E-state index contributed by atoms with van der Waals surface area (Å²) >= 11 is 0. The lowest BCUT2D eigenvalue weighted by molar-refractivity contribution is -0.114. The number of anilines is 2. The summed E-state index contributed by atoms with van der Waals surface area (Å²) in [7, 11) is 0. The molecule has 0 saturated carbocycles. The largest absolute Gasteiger partial charge is 0.494 e. The molecule has 3 rings (SSSR count). The van der Waals surface area contributed by atoms with Gasteiger partial charge >= 0.3 is 0 Å². The monoisotopic (exact) mass is 430 g/mol. The Balaban J connectivity index is 1.37. The fourth-order valence-electron chi connectivity index (χ4n) is 3.04.